The molecule has 1 aliphatic carbocycles. The number of rotatable bonds is 5. The molecule has 1 aromatic rings. The van der Waals surface area contributed by atoms with Crippen molar-refractivity contribution in [3.8, 4) is 0 Å². The Bertz CT molecular complexity index is 403. The Labute approximate surface area is 111 Å². The van der Waals surface area contributed by atoms with Gasteiger partial charge in [-0.2, -0.15) is 11.8 Å². The summed E-state index contributed by atoms with van der Waals surface area (Å²) in [5.41, 5.74) is 0.407. The standard InChI is InChI=1S/C14H19F2NS/c1-18-14(7-2-3-8-14)10-17-9-11-5-4-6-12(15)13(11)16/h4-6,17H,2-3,7-10H2,1H3. The van der Waals surface area contributed by atoms with E-state index in [9.17, 15) is 8.78 Å². The summed E-state index contributed by atoms with van der Waals surface area (Å²) in [7, 11) is 0. The van der Waals surface area contributed by atoms with Crippen LogP contribution < -0.4 is 5.32 Å². The summed E-state index contributed by atoms with van der Waals surface area (Å²) in [6, 6.07) is 4.33. The molecule has 2 rings (SSSR count). The van der Waals surface area contributed by atoms with Crippen LogP contribution in [0.25, 0.3) is 0 Å². The van der Waals surface area contributed by atoms with Gasteiger partial charge in [-0.1, -0.05) is 25.0 Å². The van der Waals surface area contributed by atoms with Crippen LogP contribution in [0.3, 0.4) is 0 Å². The first-order valence-corrected chi connectivity index (χ1v) is 7.58. The largest absolute Gasteiger partial charge is 0.311 e. The lowest BCUT2D eigenvalue weighted by Crippen LogP contribution is -2.34. The van der Waals surface area contributed by atoms with E-state index in [2.05, 4.69) is 11.6 Å². The minimum absolute atomic E-state index is 0.295. The Morgan fingerprint density at radius 2 is 2.00 bits per heavy atom. The van der Waals surface area contributed by atoms with Crippen molar-refractivity contribution < 1.29 is 8.78 Å². The summed E-state index contributed by atoms with van der Waals surface area (Å²) < 4.78 is 26.8. The second kappa shape index (κ2) is 6.02. The van der Waals surface area contributed by atoms with Gasteiger partial charge in [0.15, 0.2) is 11.6 Å². The SMILES string of the molecule is CSC1(CNCc2cccc(F)c2F)CCCC1. The van der Waals surface area contributed by atoms with Crippen molar-refractivity contribution in [1.82, 2.24) is 5.32 Å². The van der Waals surface area contributed by atoms with E-state index in [0.29, 0.717) is 16.9 Å². The van der Waals surface area contributed by atoms with Gasteiger partial charge in [0.25, 0.3) is 0 Å². The first-order valence-electron chi connectivity index (χ1n) is 6.36. The summed E-state index contributed by atoms with van der Waals surface area (Å²) in [6.07, 6.45) is 7.11. The van der Waals surface area contributed by atoms with Crippen LogP contribution in [0.5, 0.6) is 0 Å². The number of hydrogen-bond donors (Lipinski definition) is 1. The van der Waals surface area contributed by atoms with Crippen molar-refractivity contribution >= 4 is 11.8 Å². The third-order valence-electron chi connectivity index (χ3n) is 3.74. The number of thioether (sulfide) groups is 1. The highest BCUT2D eigenvalue weighted by Crippen LogP contribution is 2.39. The second-order valence-corrected chi connectivity index (χ2v) is 6.19. The van der Waals surface area contributed by atoms with Crippen molar-refractivity contribution in [2.24, 2.45) is 0 Å². The molecule has 0 saturated heterocycles. The summed E-state index contributed by atoms with van der Waals surface area (Å²) in [5.74, 6) is -1.50. The van der Waals surface area contributed by atoms with Gasteiger partial charge < -0.3 is 5.32 Å². The monoisotopic (exact) mass is 271 g/mol. The molecule has 1 nitrogen and oxygen atoms in total. The van der Waals surface area contributed by atoms with E-state index >= 15 is 0 Å². The number of nitrogens with one attached hydrogen (secondary N) is 1. The Kier molecular flexibility index (Phi) is 4.62. The van der Waals surface area contributed by atoms with Crippen LogP contribution in [0.4, 0.5) is 8.78 Å². The maximum Gasteiger partial charge on any atom is 0.163 e. The molecule has 1 aliphatic rings. The van der Waals surface area contributed by atoms with Gasteiger partial charge in [-0.25, -0.2) is 8.78 Å². The molecule has 1 aromatic carbocycles. The molecule has 0 radical (unpaired) electrons. The van der Waals surface area contributed by atoms with Gasteiger partial charge in [0.2, 0.25) is 0 Å². The molecule has 1 saturated carbocycles. The summed E-state index contributed by atoms with van der Waals surface area (Å²) in [5, 5.41) is 3.28. The molecule has 1 N–H and O–H groups in total. The molecule has 4 heteroatoms. The highest BCUT2D eigenvalue weighted by Gasteiger charge is 2.32. The second-order valence-electron chi connectivity index (χ2n) is 4.91. The predicted octanol–water partition coefficient (Wildman–Crippen LogP) is 3.73. The molecule has 0 atom stereocenters. The van der Waals surface area contributed by atoms with Gasteiger partial charge in [-0.05, 0) is 25.2 Å². The van der Waals surface area contributed by atoms with Gasteiger partial charge >= 0.3 is 0 Å². The number of hydrogen-bond acceptors (Lipinski definition) is 2. The number of benzene rings is 1. The fourth-order valence-corrected chi connectivity index (χ4v) is 3.53. The van der Waals surface area contributed by atoms with E-state index in [0.717, 1.165) is 12.6 Å². The van der Waals surface area contributed by atoms with E-state index in [-0.39, 0.29) is 0 Å². The van der Waals surface area contributed by atoms with E-state index in [1.165, 1.54) is 25.7 Å². The maximum absolute atomic E-state index is 13.5. The predicted molar refractivity (Wildman–Crippen MR) is 72.8 cm³/mol. The highest BCUT2D eigenvalue weighted by molar-refractivity contribution is 8.00. The van der Waals surface area contributed by atoms with E-state index in [1.54, 1.807) is 12.1 Å². The summed E-state index contributed by atoms with van der Waals surface area (Å²) in [6.45, 7) is 1.26. The van der Waals surface area contributed by atoms with Crippen molar-refractivity contribution in [1.29, 1.82) is 0 Å². The molecule has 100 valence electrons. The van der Waals surface area contributed by atoms with Gasteiger partial charge in [0, 0.05) is 23.4 Å². The fourth-order valence-electron chi connectivity index (χ4n) is 2.58. The van der Waals surface area contributed by atoms with Crippen LogP contribution in [-0.4, -0.2) is 17.5 Å². The van der Waals surface area contributed by atoms with Gasteiger partial charge in [0.05, 0.1) is 0 Å². The third kappa shape index (κ3) is 3.04. The smallest absolute Gasteiger partial charge is 0.163 e. The normalized spacial score (nSPS) is 18.2. The van der Waals surface area contributed by atoms with Crippen LogP contribution in [-0.2, 0) is 6.54 Å². The highest BCUT2D eigenvalue weighted by atomic mass is 32.2. The Morgan fingerprint density at radius 1 is 1.28 bits per heavy atom. The van der Waals surface area contributed by atoms with E-state index in [4.69, 9.17) is 0 Å². The van der Waals surface area contributed by atoms with Crippen LogP contribution >= 0.6 is 11.8 Å². The zero-order valence-corrected chi connectivity index (χ0v) is 11.5. The minimum atomic E-state index is -0.769. The average Bonchev–Trinajstić information content (AvgIpc) is 2.84. The van der Waals surface area contributed by atoms with Crippen molar-refractivity contribution in [2.75, 3.05) is 12.8 Å². The molecule has 1 fully saturated rings. The molecule has 0 aromatic heterocycles. The molecule has 0 amide bonds. The van der Waals surface area contributed by atoms with Crippen molar-refractivity contribution in [2.45, 2.75) is 37.0 Å². The molecular weight excluding hydrogens is 252 g/mol. The molecule has 0 heterocycles. The zero-order valence-electron chi connectivity index (χ0n) is 10.6. The quantitative estimate of drug-likeness (QED) is 0.875. The lowest BCUT2D eigenvalue weighted by atomic mass is 10.1. The minimum Gasteiger partial charge on any atom is -0.311 e. The zero-order chi connectivity index (χ0) is 13.0. The first-order chi connectivity index (χ1) is 8.67. The molecule has 0 bridgehead atoms. The Balaban J connectivity index is 1.90. The van der Waals surface area contributed by atoms with Gasteiger partial charge in [0.1, 0.15) is 0 Å². The van der Waals surface area contributed by atoms with E-state index in [1.807, 2.05) is 11.8 Å². The average molecular weight is 271 g/mol. The van der Waals surface area contributed by atoms with Crippen LogP contribution in [0, 0.1) is 11.6 Å². The van der Waals surface area contributed by atoms with Crippen LogP contribution in [0.2, 0.25) is 0 Å². The Morgan fingerprint density at radius 3 is 2.67 bits per heavy atom. The Hall–Kier alpha value is -0.610. The molecular formula is C14H19F2NS. The third-order valence-corrected chi connectivity index (χ3v) is 5.16. The van der Waals surface area contributed by atoms with Gasteiger partial charge in [-0.3, -0.25) is 0 Å². The summed E-state index contributed by atoms with van der Waals surface area (Å²) in [4.78, 5) is 0. The maximum atomic E-state index is 13.5. The molecule has 0 unspecified atom stereocenters. The topological polar surface area (TPSA) is 12.0 Å². The molecule has 0 spiro atoms. The fraction of sp³-hybridized carbons (Fsp3) is 0.571. The number of halogens is 2. The van der Waals surface area contributed by atoms with E-state index < -0.39 is 11.6 Å². The summed E-state index contributed by atoms with van der Waals surface area (Å²) >= 11 is 1.89. The lowest BCUT2D eigenvalue weighted by Gasteiger charge is -2.27. The first kappa shape index (κ1) is 13.8. The molecule has 18 heavy (non-hydrogen) atoms. The van der Waals surface area contributed by atoms with Gasteiger partial charge in [-0.15, -0.1) is 0 Å². The molecule has 0 aliphatic heterocycles. The van der Waals surface area contributed by atoms with Crippen LogP contribution in [0.1, 0.15) is 31.2 Å². The van der Waals surface area contributed by atoms with Crippen molar-refractivity contribution in [3.63, 3.8) is 0 Å². The lowest BCUT2D eigenvalue weighted by molar-refractivity contribution is 0.483. The van der Waals surface area contributed by atoms with Crippen molar-refractivity contribution in [3.05, 3.63) is 35.4 Å². The van der Waals surface area contributed by atoms with Crippen LogP contribution in [0.15, 0.2) is 18.2 Å².